The quantitative estimate of drug-likeness (QED) is 0.795. The third kappa shape index (κ3) is 5.23. The Bertz CT molecular complexity index is 403. The minimum absolute atomic E-state index is 0.192. The van der Waals surface area contributed by atoms with Crippen molar-refractivity contribution in [2.45, 2.75) is 18.9 Å². The van der Waals surface area contributed by atoms with Gasteiger partial charge in [-0.25, -0.2) is 8.42 Å². The summed E-state index contributed by atoms with van der Waals surface area (Å²) in [6, 6.07) is 4.09. The van der Waals surface area contributed by atoms with Crippen molar-refractivity contribution in [2.75, 3.05) is 19.1 Å². The first kappa shape index (κ1) is 13.1. The molecule has 1 aromatic rings. The first-order chi connectivity index (χ1) is 7.51. The number of likely N-dealkylation sites (N-methyl/N-ethyl adjacent to an activating group) is 1. The van der Waals surface area contributed by atoms with Crippen molar-refractivity contribution in [3.8, 4) is 0 Å². The van der Waals surface area contributed by atoms with E-state index < -0.39 is 9.84 Å². The van der Waals surface area contributed by atoms with Gasteiger partial charge in [0, 0.05) is 24.7 Å². The van der Waals surface area contributed by atoms with Crippen molar-refractivity contribution in [3.05, 3.63) is 30.1 Å². The van der Waals surface area contributed by atoms with Crippen LogP contribution >= 0.6 is 0 Å². The van der Waals surface area contributed by atoms with Crippen LogP contribution in [0.1, 0.15) is 12.0 Å². The van der Waals surface area contributed by atoms with Gasteiger partial charge in [0.2, 0.25) is 0 Å². The van der Waals surface area contributed by atoms with E-state index in [1.165, 1.54) is 11.8 Å². The predicted octanol–water partition coefficient (Wildman–Crippen LogP) is 0.647. The molecule has 4 nitrogen and oxygen atoms in total. The second-order valence-corrected chi connectivity index (χ2v) is 6.22. The largest absolute Gasteiger partial charge is 0.317 e. The standard InChI is InChI=1S/C11H18N2O2S/c1-12-11(5-8-16(2,14)15)9-10-3-6-13-7-4-10/h3-4,6-7,11-12H,5,8-9H2,1-2H3. The molecule has 90 valence electrons. The van der Waals surface area contributed by atoms with Gasteiger partial charge in [0.1, 0.15) is 9.84 Å². The maximum Gasteiger partial charge on any atom is 0.147 e. The fourth-order valence-corrected chi connectivity index (χ4v) is 2.22. The van der Waals surface area contributed by atoms with Crippen molar-refractivity contribution in [3.63, 3.8) is 0 Å². The van der Waals surface area contributed by atoms with Crippen LogP contribution in [-0.4, -0.2) is 38.5 Å². The Balaban J connectivity index is 2.50. The van der Waals surface area contributed by atoms with Gasteiger partial charge in [0.15, 0.2) is 0 Å². The highest BCUT2D eigenvalue weighted by Gasteiger charge is 2.10. The Morgan fingerprint density at radius 2 is 2.00 bits per heavy atom. The number of pyridine rings is 1. The van der Waals surface area contributed by atoms with Crippen LogP contribution in [0, 0.1) is 0 Å². The molecule has 0 saturated heterocycles. The zero-order valence-corrected chi connectivity index (χ0v) is 10.5. The van der Waals surface area contributed by atoms with Crippen molar-refractivity contribution in [2.24, 2.45) is 0 Å². The number of sulfone groups is 1. The third-order valence-electron chi connectivity index (χ3n) is 2.48. The number of rotatable bonds is 6. The molecule has 1 heterocycles. The van der Waals surface area contributed by atoms with Crippen LogP contribution in [0.4, 0.5) is 0 Å². The fourth-order valence-electron chi connectivity index (χ4n) is 1.51. The summed E-state index contributed by atoms with van der Waals surface area (Å²) in [7, 11) is -1.02. The van der Waals surface area contributed by atoms with E-state index in [1.807, 2.05) is 19.2 Å². The van der Waals surface area contributed by atoms with E-state index in [0.717, 1.165) is 6.42 Å². The highest BCUT2D eigenvalue weighted by Crippen LogP contribution is 2.05. The lowest BCUT2D eigenvalue weighted by molar-refractivity contribution is 0.534. The van der Waals surface area contributed by atoms with Gasteiger partial charge in [-0.3, -0.25) is 4.98 Å². The van der Waals surface area contributed by atoms with E-state index in [2.05, 4.69) is 10.3 Å². The van der Waals surface area contributed by atoms with E-state index >= 15 is 0 Å². The van der Waals surface area contributed by atoms with E-state index in [0.29, 0.717) is 6.42 Å². The minimum atomic E-state index is -2.87. The second-order valence-electron chi connectivity index (χ2n) is 3.96. The average molecular weight is 242 g/mol. The maximum absolute atomic E-state index is 11.1. The third-order valence-corrected chi connectivity index (χ3v) is 3.45. The molecular weight excluding hydrogens is 224 g/mol. The van der Waals surface area contributed by atoms with Gasteiger partial charge in [-0.05, 0) is 37.6 Å². The van der Waals surface area contributed by atoms with Gasteiger partial charge in [0.05, 0.1) is 5.75 Å². The Kier molecular flexibility index (Phi) is 4.89. The van der Waals surface area contributed by atoms with Crippen LogP contribution < -0.4 is 5.32 Å². The van der Waals surface area contributed by atoms with Crippen LogP contribution in [0.5, 0.6) is 0 Å². The Morgan fingerprint density at radius 3 is 2.50 bits per heavy atom. The van der Waals surface area contributed by atoms with Crippen molar-refractivity contribution < 1.29 is 8.42 Å². The smallest absolute Gasteiger partial charge is 0.147 e. The molecule has 1 aromatic heterocycles. The number of hydrogen-bond donors (Lipinski definition) is 1. The van der Waals surface area contributed by atoms with Crippen LogP contribution in [0.2, 0.25) is 0 Å². The summed E-state index contributed by atoms with van der Waals surface area (Å²) < 4.78 is 22.1. The van der Waals surface area contributed by atoms with Crippen LogP contribution in [0.3, 0.4) is 0 Å². The van der Waals surface area contributed by atoms with E-state index in [4.69, 9.17) is 0 Å². The van der Waals surface area contributed by atoms with Crippen LogP contribution in [0.15, 0.2) is 24.5 Å². The highest BCUT2D eigenvalue weighted by atomic mass is 32.2. The maximum atomic E-state index is 11.1. The Hall–Kier alpha value is -0.940. The van der Waals surface area contributed by atoms with Gasteiger partial charge >= 0.3 is 0 Å². The summed E-state index contributed by atoms with van der Waals surface area (Å²) in [5.41, 5.74) is 1.17. The molecule has 1 unspecified atom stereocenters. The summed E-state index contributed by atoms with van der Waals surface area (Å²) in [5.74, 6) is 0.226. The van der Waals surface area contributed by atoms with Gasteiger partial charge < -0.3 is 5.32 Å². The lowest BCUT2D eigenvalue weighted by Gasteiger charge is -2.15. The first-order valence-corrected chi connectivity index (χ1v) is 7.31. The molecule has 0 aliphatic carbocycles. The van der Waals surface area contributed by atoms with E-state index in [9.17, 15) is 8.42 Å². The number of aromatic nitrogens is 1. The summed E-state index contributed by atoms with van der Waals surface area (Å²) >= 11 is 0. The first-order valence-electron chi connectivity index (χ1n) is 5.25. The minimum Gasteiger partial charge on any atom is -0.317 e. The molecule has 1 atom stereocenters. The Labute approximate surface area is 97.0 Å². The van der Waals surface area contributed by atoms with Crippen LogP contribution in [-0.2, 0) is 16.3 Å². The monoisotopic (exact) mass is 242 g/mol. The molecule has 5 heteroatoms. The van der Waals surface area contributed by atoms with Gasteiger partial charge in [-0.2, -0.15) is 0 Å². The molecule has 0 bridgehead atoms. The molecule has 0 radical (unpaired) electrons. The van der Waals surface area contributed by atoms with Crippen molar-refractivity contribution >= 4 is 9.84 Å². The molecule has 0 saturated carbocycles. The highest BCUT2D eigenvalue weighted by molar-refractivity contribution is 7.90. The summed E-state index contributed by atoms with van der Waals surface area (Å²) in [6.45, 7) is 0. The normalized spacial score (nSPS) is 13.6. The molecule has 16 heavy (non-hydrogen) atoms. The topological polar surface area (TPSA) is 59.1 Å². The predicted molar refractivity (Wildman–Crippen MR) is 65.1 cm³/mol. The summed E-state index contributed by atoms with van der Waals surface area (Å²) in [5, 5.41) is 3.14. The SMILES string of the molecule is CNC(CCS(C)(=O)=O)Cc1ccncc1. The van der Waals surface area contributed by atoms with Gasteiger partial charge in [-0.1, -0.05) is 0 Å². The molecule has 0 spiro atoms. The lowest BCUT2D eigenvalue weighted by Crippen LogP contribution is -2.29. The molecular formula is C11H18N2O2S. The Morgan fingerprint density at radius 1 is 1.38 bits per heavy atom. The van der Waals surface area contributed by atoms with Crippen LogP contribution in [0.25, 0.3) is 0 Å². The number of nitrogens with zero attached hydrogens (tertiary/aromatic N) is 1. The van der Waals surface area contributed by atoms with Crippen molar-refractivity contribution in [1.29, 1.82) is 0 Å². The van der Waals surface area contributed by atoms with E-state index in [1.54, 1.807) is 12.4 Å². The molecule has 1 rings (SSSR count). The zero-order chi connectivity index (χ0) is 12.0. The van der Waals surface area contributed by atoms with Crippen molar-refractivity contribution in [1.82, 2.24) is 10.3 Å². The molecule has 0 aliphatic heterocycles. The molecule has 0 amide bonds. The molecule has 0 aliphatic rings. The molecule has 0 fully saturated rings. The molecule has 1 N–H and O–H groups in total. The van der Waals surface area contributed by atoms with E-state index in [-0.39, 0.29) is 11.8 Å². The lowest BCUT2D eigenvalue weighted by atomic mass is 10.1. The zero-order valence-electron chi connectivity index (χ0n) is 9.68. The number of nitrogens with one attached hydrogen (secondary N) is 1. The van der Waals surface area contributed by atoms with Gasteiger partial charge in [-0.15, -0.1) is 0 Å². The number of hydrogen-bond acceptors (Lipinski definition) is 4. The fraction of sp³-hybridized carbons (Fsp3) is 0.545. The summed E-state index contributed by atoms with van der Waals surface area (Å²) in [4.78, 5) is 3.95. The van der Waals surface area contributed by atoms with Gasteiger partial charge in [0.25, 0.3) is 0 Å². The second kappa shape index (κ2) is 5.96. The molecule has 0 aromatic carbocycles. The average Bonchev–Trinajstić information content (AvgIpc) is 2.24. The summed E-state index contributed by atoms with van der Waals surface area (Å²) in [6.07, 6.45) is 6.23.